The Balaban J connectivity index is 2.10. The van der Waals surface area contributed by atoms with Crippen LogP contribution in [0.2, 0.25) is 0 Å². The van der Waals surface area contributed by atoms with Crippen LogP contribution in [0.5, 0.6) is 0 Å². The van der Waals surface area contributed by atoms with E-state index in [4.69, 9.17) is 15.6 Å². The van der Waals surface area contributed by atoms with Crippen LogP contribution in [0, 0.1) is 0 Å². The number of benzene rings is 1. The van der Waals surface area contributed by atoms with Crippen LogP contribution >= 0.6 is 0 Å². The van der Waals surface area contributed by atoms with Gasteiger partial charge in [-0.05, 0) is 12.0 Å². The largest absolute Gasteiger partial charge is 0.392 e. The number of nitrogens with two attached hydrogens (primary N) is 1. The zero-order chi connectivity index (χ0) is 10.2. The van der Waals surface area contributed by atoms with Gasteiger partial charge in [0, 0.05) is 13.2 Å². The maximum atomic E-state index is 9.15. The first-order valence-electron chi connectivity index (χ1n) is 4.82. The smallest absolute Gasteiger partial charge is 0.0716 e. The summed E-state index contributed by atoms with van der Waals surface area (Å²) in [4.78, 5) is 0. The molecule has 0 bridgehead atoms. The fourth-order valence-electron chi connectivity index (χ4n) is 1.10. The van der Waals surface area contributed by atoms with Gasteiger partial charge in [0.15, 0.2) is 0 Å². The Labute approximate surface area is 84.5 Å². The molecule has 0 radical (unpaired) electrons. The van der Waals surface area contributed by atoms with Crippen molar-refractivity contribution in [3.05, 3.63) is 35.9 Å². The lowest BCUT2D eigenvalue weighted by atomic mass is 10.2. The molecule has 1 aromatic rings. The summed E-state index contributed by atoms with van der Waals surface area (Å²) >= 11 is 0. The molecular formula is C11H17NO2. The summed E-state index contributed by atoms with van der Waals surface area (Å²) in [6, 6.07) is 9.96. The van der Waals surface area contributed by atoms with E-state index in [0.717, 1.165) is 5.56 Å². The minimum atomic E-state index is -0.439. The van der Waals surface area contributed by atoms with Crippen molar-refractivity contribution < 1.29 is 9.84 Å². The molecular weight excluding hydrogens is 178 g/mol. The van der Waals surface area contributed by atoms with Gasteiger partial charge in [0.25, 0.3) is 0 Å². The van der Waals surface area contributed by atoms with Gasteiger partial charge >= 0.3 is 0 Å². The fourth-order valence-corrected chi connectivity index (χ4v) is 1.10. The highest BCUT2D eigenvalue weighted by molar-refractivity contribution is 5.13. The first-order chi connectivity index (χ1) is 6.83. The Hall–Kier alpha value is -0.900. The molecule has 78 valence electrons. The van der Waals surface area contributed by atoms with Gasteiger partial charge in [-0.2, -0.15) is 0 Å². The molecule has 0 aromatic heterocycles. The number of ether oxygens (including phenoxy) is 1. The Bertz CT molecular complexity index is 238. The molecule has 0 unspecified atom stereocenters. The van der Waals surface area contributed by atoms with Gasteiger partial charge in [0.05, 0.1) is 12.7 Å². The number of hydrogen-bond acceptors (Lipinski definition) is 3. The minimum Gasteiger partial charge on any atom is -0.392 e. The van der Waals surface area contributed by atoms with E-state index in [1.165, 1.54) is 0 Å². The van der Waals surface area contributed by atoms with Gasteiger partial charge in [0.2, 0.25) is 0 Å². The van der Waals surface area contributed by atoms with E-state index in [-0.39, 0.29) is 0 Å². The van der Waals surface area contributed by atoms with Crippen molar-refractivity contribution in [3.8, 4) is 0 Å². The van der Waals surface area contributed by atoms with Crippen molar-refractivity contribution in [2.75, 3.05) is 13.2 Å². The zero-order valence-corrected chi connectivity index (χ0v) is 8.23. The molecule has 0 amide bonds. The normalized spacial score (nSPS) is 12.7. The molecule has 0 heterocycles. The van der Waals surface area contributed by atoms with Gasteiger partial charge in [-0.1, -0.05) is 30.3 Å². The molecule has 3 nitrogen and oxygen atoms in total. The lowest BCUT2D eigenvalue weighted by Gasteiger charge is -2.07. The van der Waals surface area contributed by atoms with E-state index in [2.05, 4.69) is 0 Å². The number of hydrogen-bond donors (Lipinski definition) is 2. The molecule has 0 aliphatic carbocycles. The summed E-state index contributed by atoms with van der Waals surface area (Å²) in [5.41, 5.74) is 6.41. The summed E-state index contributed by atoms with van der Waals surface area (Å²) in [5.74, 6) is 0. The fraction of sp³-hybridized carbons (Fsp3) is 0.455. The Kier molecular flexibility index (Phi) is 5.22. The summed E-state index contributed by atoms with van der Waals surface area (Å²) in [6.45, 7) is 1.44. The molecule has 3 heteroatoms. The van der Waals surface area contributed by atoms with E-state index in [9.17, 15) is 0 Å². The first-order valence-corrected chi connectivity index (χ1v) is 4.82. The van der Waals surface area contributed by atoms with E-state index < -0.39 is 6.10 Å². The molecule has 0 aliphatic rings. The molecule has 3 N–H and O–H groups in total. The average molecular weight is 195 g/mol. The third-order valence-electron chi connectivity index (χ3n) is 1.98. The van der Waals surface area contributed by atoms with Crippen molar-refractivity contribution in [2.45, 2.75) is 19.1 Å². The van der Waals surface area contributed by atoms with Crippen molar-refractivity contribution in [1.82, 2.24) is 0 Å². The van der Waals surface area contributed by atoms with Gasteiger partial charge in [-0.15, -0.1) is 0 Å². The second kappa shape index (κ2) is 6.54. The number of aliphatic hydroxyl groups excluding tert-OH is 1. The van der Waals surface area contributed by atoms with E-state index in [1.807, 2.05) is 30.3 Å². The molecule has 1 atom stereocenters. The second-order valence-electron chi connectivity index (χ2n) is 3.22. The number of rotatable bonds is 6. The van der Waals surface area contributed by atoms with Gasteiger partial charge in [0.1, 0.15) is 0 Å². The lowest BCUT2D eigenvalue weighted by molar-refractivity contribution is 0.0766. The van der Waals surface area contributed by atoms with Crippen LogP contribution in [0.4, 0.5) is 0 Å². The van der Waals surface area contributed by atoms with Gasteiger partial charge in [-0.25, -0.2) is 0 Å². The maximum Gasteiger partial charge on any atom is 0.0716 e. The summed E-state index contributed by atoms with van der Waals surface area (Å²) in [7, 11) is 0. The Morgan fingerprint density at radius 1 is 1.29 bits per heavy atom. The first kappa shape index (κ1) is 11.2. The molecule has 0 aliphatic heterocycles. The van der Waals surface area contributed by atoms with Crippen LogP contribution in [-0.2, 0) is 11.3 Å². The summed E-state index contributed by atoms with van der Waals surface area (Å²) in [5, 5.41) is 9.15. The van der Waals surface area contributed by atoms with Crippen LogP contribution < -0.4 is 5.73 Å². The SMILES string of the molecule is NC[C@H](O)CCOCc1ccccc1. The highest BCUT2D eigenvalue weighted by Crippen LogP contribution is 2.01. The van der Waals surface area contributed by atoms with E-state index in [1.54, 1.807) is 0 Å². The Morgan fingerprint density at radius 3 is 2.64 bits per heavy atom. The van der Waals surface area contributed by atoms with Crippen LogP contribution in [0.15, 0.2) is 30.3 Å². The molecule has 1 aromatic carbocycles. The quantitative estimate of drug-likeness (QED) is 0.663. The topological polar surface area (TPSA) is 55.5 Å². The van der Waals surface area contributed by atoms with Gasteiger partial charge < -0.3 is 15.6 Å². The molecule has 0 saturated heterocycles. The summed E-state index contributed by atoms with van der Waals surface area (Å²) < 4.78 is 5.38. The lowest BCUT2D eigenvalue weighted by Crippen LogP contribution is -2.21. The Morgan fingerprint density at radius 2 is 2.00 bits per heavy atom. The van der Waals surface area contributed by atoms with Crippen LogP contribution in [0.1, 0.15) is 12.0 Å². The standard InChI is InChI=1S/C11H17NO2/c12-8-11(13)6-7-14-9-10-4-2-1-3-5-10/h1-5,11,13H,6-9,12H2/t11-/m1/s1. The predicted octanol–water partition coefficient (Wildman–Crippen LogP) is 0.913. The van der Waals surface area contributed by atoms with Crippen LogP contribution in [0.3, 0.4) is 0 Å². The van der Waals surface area contributed by atoms with Crippen LogP contribution in [0.25, 0.3) is 0 Å². The second-order valence-corrected chi connectivity index (χ2v) is 3.22. The third kappa shape index (κ3) is 4.37. The van der Waals surface area contributed by atoms with Crippen molar-refractivity contribution in [1.29, 1.82) is 0 Å². The minimum absolute atomic E-state index is 0.300. The van der Waals surface area contributed by atoms with E-state index >= 15 is 0 Å². The summed E-state index contributed by atoms with van der Waals surface area (Å²) in [6.07, 6.45) is 0.161. The van der Waals surface area contributed by atoms with Gasteiger partial charge in [-0.3, -0.25) is 0 Å². The molecule has 0 spiro atoms. The molecule has 1 rings (SSSR count). The zero-order valence-electron chi connectivity index (χ0n) is 8.23. The molecule has 0 saturated carbocycles. The monoisotopic (exact) mass is 195 g/mol. The average Bonchev–Trinajstić information content (AvgIpc) is 2.25. The molecule has 0 fully saturated rings. The third-order valence-corrected chi connectivity index (χ3v) is 1.98. The highest BCUT2D eigenvalue weighted by Gasteiger charge is 1.99. The van der Waals surface area contributed by atoms with Crippen molar-refractivity contribution >= 4 is 0 Å². The number of aliphatic hydroxyl groups is 1. The van der Waals surface area contributed by atoms with Crippen molar-refractivity contribution in [2.24, 2.45) is 5.73 Å². The molecule has 14 heavy (non-hydrogen) atoms. The van der Waals surface area contributed by atoms with E-state index in [0.29, 0.717) is 26.2 Å². The predicted molar refractivity (Wildman–Crippen MR) is 55.8 cm³/mol. The van der Waals surface area contributed by atoms with Crippen molar-refractivity contribution in [3.63, 3.8) is 0 Å². The van der Waals surface area contributed by atoms with Crippen LogP contribution in [-0.4, -0.2) is 24.4 Å². The maximum absolute atomic E-state index is 9.15. The highest BCUT2D eigenvalue weighted by atomic mass is 16.5.